The number of hydrogen-bond donors (Lipinski definition) is 1. The van der Waals surface area contributed by atoms with E-state index < -0.39 is 0 Å². The van der Waals surface area contributed by atoms with E-state index in [9.17, 15) is 4.79 Å². The van der Waals surface area contributed by atoms with Crippen LogP contribution in [0.15, 0.2) is 36.4 Å². The molecular weight excluding hydrogens is 366 g/mol. The maximum atomic E-state index is 12.4. The van der Waals surface area contributed by atoms with Crippen molar-refractivity contribution in [2.45, 2.75) is 20.4 Å². The first kappa shape index (κ1) is 21.1. The lowest BCUT2D eigenvalue weighted by molar-refractivity contribution is -0.117. The largest absolute Gasteiger partial charge is 0.493 e. The molecule has 156 valence electrons. The predicted octanol–water partition coefficient (Wildman–Crippen LogP) is 3.08. The zero-order chi connectivity index (χ0) is 20.8. The molecule has 1 heterocycles. The minimum Gasteiger partial charge on any atom is -0.493 e. The summed E-state index contributed by atoms with van der Waals surface area (Å²) in [4.78, 5) is 17.0. The van der Waals surface area contributed by atoms with Gasteiger partial charge in [0.05, 0.1) is 20.8 Å². The van der Waals surface area contributed by atoms with E-state index in [2.05, 4.69) is 34.2 Å². The summed E-state index contributed by atoms with van der Waals surface area (Å²) in [6, 6.07) is 12.1. The Balaban J connectivity index is 1.47. The van der Waals surface area contributed by atoms with E-state index in [0.29, 0.717) is 6.54 Å². The van der Waals surface area contributed by atoms with E-state index in [0.717, 1.165) is 55.5 Å². The van der Waals surface area contributed by atoms with Crippen molar-refractivity contribution in [1.82, 2.24) is 9.80 Å². The highest BCUT2D eigenvalue weighted by atomic mass is 16.5. The molecule has 1 fully saturated rings. The lowest BCUT2D eigenvalue weighted by atomic mass is 10.1. The van der Waals surface area contributed by atoms with Gasteiger partial charge >= 0.3 is 0 Å². The van der Waals surface area contributed by atoms with Crippen LogP contribution < -0.4 is 14.8 Å². The normalized spacial score (nSPS) is 15.2. The molecule has 0 atom stereocenters. The summed E-state index contributed by atoms with van der Waals surface area (Å²) >= 11 is 0. The number of aryl methyl sites for hydroxylation is 2. The first-order chi connectivity index (χ1) is 14.0. The fraction of sp³-hybridized carbons (Fsp3) is 0.435. The monoisotopic (exact) mass is 397 g/mol. The third-order valence-electron chi connectivity index (χ3n) is 5.34. The lowest BCUT2D eigenvalue weighted by Gasteiger charge is -2.34. The van der Waals surface area contributed by atoms with E-state index in [1.165, 1.54) is 11.1 Å². The van der Waals surface area contributed by atoms with E-state index in [4.69, 9.17) is 9.47 Å². The Labute approximate surface area is 173 Å². The maximum absolute atomic E-state index is 12.4. The van der Waals surface area contributed by atoms with E-state index in [1.807, 2.05) is 31.2 Å². The van der Waals surface area contributed by atoms with Crippen molar-refractivity contribution < 1.29 is 14.3 Å². The van der Waals surface area contributed by atoms with E-state index in [1.54, 1.807) is 14.2 Å². The molecular formula is C23H31N3O3. The summed E-state index contributed by atoms with van der Waals surface area (Å²) in [6.45, 7) is 9.01. The average molecular weight is 398 g/mol. The topological polar surface area (TPSA) is 54.0 Å². The number of carbonyl (C=O) groups is 1. The van der Waals surface area contributed by atoms with Gasteiger partial charge < -0.3 is 14.8 Å². The molecule has 1 amide bonds. The van der Waals surface area contributed by atoms with Crippen LogP contribution in [-0.4, -0.2) is 62.7 Å². The zero-order valence-corrected chi connectivity index (χ0v) is 17.8. The van der Waals surface area contributed by atoms with Crippen LogP contribution in [0.5, 0.6) is 11.5 Å². The molecule has 3 rings (SSSR count). The molecule has 1 N–H and O–H groups in total. The van der Waals surface area contributed by atoms with Gasteiger partial charge in [0.25, 0.3) is 0 Å². The minimum absolute atomic E-state index is 0.0466. The molecule has 0 radical (unpaired) electrons. The van der Waals surface area contributed by atoms with Crippen LogP contribution >= 0.6 is 0 Å². The summed E-state index contributed by atoms with van der Waals surface area (Å²) < 4.78 is 10.7. The Morgan fingerprint density at radius 1 is 0.931 bits per heavy atom. The molecule has 1 aliphatic rings. The highest BCUT2D eigenvalue weighted by molar-refractivity contribution is 5.93. The van der Waals surface area contributed by atoms with Crippen molar-refractivity contribution in [1.29, 1.82) is 0 Å². The maximum Gasteiger partial charge on any atom is 0.238 e. The third-order valence-corrected chi connectivity index (χ3v) is 5.34. The Morgan fingerprint density at radius 3 is 2.28 bits per heavy atom. The molecule has 0 spiro atoms. The Morgan fingerprint density at radius 2 is 1.62 bits per heavy atom. The molecule has 2 aromatic rings. The van der Waals surface area contributed by atoms with Crippen LogP contribution in [0.25, 0.3) is 0 Å². The number of hydrogen-bond acceptors (Lipinski definition) is 5. The molecule has 6 heteroatoms. The second-order valence-corrected chi connectivity index (χ2v) is 7.61. The van der Waals surface area contributed by atoms with Crippen molar-refractivity contribution in [3.63, 3.8) is 0 Å². The zero-order valence-electron chi connectivity index (χ0n) is 17.8. The van der Waals surface area contributed by atoms with Crippen LogP contribution in [0.2, 0.25) is 0 Å². The molecule has 0 saturated carbocycles. The molecule has 0 bridgehead atoms. The highest BCUT2D eigenvalue weighted by Crippen LogP contribution is 2.28. The third kappa shape index (κ3) is 5.71. The fourth-order valence-electron chi connectivity index (χ4n) is 3.69. The van der Waals surface area contributed by atoms with E-state index >= 15 is 0 Å². The first-order valence-electron chi connectivity index (χ1n) is 10.0. The summed E-state index contributed by atoms with van der Waals surface area (Å²) in [5.74, 6) is 1.55. The number of methoxy groups -OCH3 is 2. The van der Waals surface area contributed by atoms with Crippen molar-refractivity contribution in [2.75, 3.05) is 52.3 Å². The summed E-state index contributed by atoms with van der Waals surface area (Å²) in [7, 11) is 3.30. The molecule has 2 aromatic carbocycles. The van der Waals surface area contributed by atoms with Crippen molar-refractivity contribution in [3.8, 4) is 11.5 Å². The Kier molecular flexibility index (Phi) is 7.12. The van der Waals surface area contributed by atoms with Crippen molar-refractivity contribution in [2.24, 2.45) is 0 Å². The average Bonchev–Trinajstić information content (AvgIpc) is 2.71. The molecule has 0 aromatic heterocycles. The van der Waals surface area contributed by atoms with Crippen LogP contribution in [0.3, 0.4) is 0 Å². The highest BCUT2D eigenvalue weighted by Gasteiger charge is 2.19. The van der Waals surface area contributed by atoms with Gasteiger partial charge in [-0.3, -0.25) is 14.6 Å². The predicted molar refractivity (Wildman–Crippen MR) is 116 cm³/mol. The van der Waals surface area contributed by atoms with E-state index in [-0.39, 0.29) is 5.91 Å². The summed E-state index contributed by atoms with van der Waals surface area (Å²) in [5.41, 5.74) is 4.39. The smallest absolute Gasteiger partial charge is 0.238 e. The Hall–Kier alpha value is -2.57. The molecule has 1 saturated heterocycles. The summed E-state index contributed by atoms with van der Waals surface area (Å²) in [6.07, 6.45) is 0. The standard InChI is InChI=1S/C23H31N3O3/c1-17-5-7-20(18(2)13-17)24-23(27)16-26-11-9-25(10-12-26)15-19-6-8-21(28-3)22(14-19)29-4/h5-8,13-14H,9-12,15-16H2,1-4H3,(H,24,27). The van der Waals surface area contributed by atoms with Gasteiger partial charge in [0, 0.05) is 38.4 Å². The van der Waals surface area contributed by atoms with Crippen LogP contribution in [0.1, 0.15) is 16.7 Å². The van der Waals surface area contributed by atoms with Crippen LogP contribution in [-0.2, 0) is 11.3 Å². The number of rotatable bonds is 7. The van der Waals surface area contributed by atoms with Gasteiger partial charge in [-0.05, 0) is 43.2 Å². The number of nitrogens with one attached hydrogen (secondary N) is 1. The molecule has 6 nitrogen and oxygen atoms in total. The summed E-state index contributed by atoms with van der Waals surface area (Å²) in [5, 5.41) is 3.04. The molecule has 29 heavy (non-hydrogen) atoms. The number of ether oxygens (including phenoxy) is 2. The minimum atomic E-state index is 0.0466. The van der Waals surface area contributed by atoms with Crippen molar-refractivity contribution in [3.05, 3.63) is 53.1 Å². The number of piperazine rings is 1. The SMILES string of the molecule is COc1ccc(CN2CCN(CC(=O)Nc3ccc(C)cc3C)CC2)cc1OC. The number of nitrogens with zero attached hydrogens (tertiary/aromatic N) is 2. The molecule has 1 aliphatic heterocycles. The van der Waals surface area contributed by atoms with Gasteiger partial charge in [-0.15, -0.1) is 0 Å². The van der Waals surface area contributed by atoms with Crippen LogP contribution in [0.4, 0.5) is 5.69 Å². The van der Waals surface area contributed by atoms with Gasteiger partial charge in [0.1, 0.15) is 0 Å². The second-order valence-electron chi connectivity index (χ2n) is 7.61. The second kappa shape index (κ2) is 9.76. The van der Waals surface area contributed by atoms with Gasteiger partial charge in [-0.25, -0.2) is 0 Å². The molecule has 0 aliphatic carbocycles. The first-order valence-corrected chi connectivity index (χ1v) is 10.0. The van der Waals surface area contributed by atoms with Gasteiger partial charge in [-0.2, -0.15) is 0 Å². The quantitative estimate of drug-likeness (QED) is 0.778. The van der Waals surface area contributed by atoms with Crippen LogP contribution in [0, 0.1) is 13.8 Å². The molecule has 0 unspecified atom stereocenters. The lowest BCUT2D eigenvalue weighted by Crippen LogP contribution is -2.48. The van der Waals surface area contributed by atoms with Gasteiger partial charge in [-0.1, -0.05) is 23.8 Å². The number of benzene rings is 2. The van der Waals surface area contributed by atoms with Gasteiger partial charge in [0.15, 0.2) is 11.5 Å². The van der Waals surface area contributed by atoms with Gasteiger partial charge in [0.2, 0.25) is 5.91 Å². The Bertz CT molecular complexity index is 845. The number of anilines is 1. The van der Waals surface area contributed by atoms with Crippen molar-refractivity contribution >= 4 is 11.6 Å². The number of amides is 1. The fourth-order valence-corrected chi connectivity index (χ4v) is 3.69. The number of carbonyl (C=O) groups excluding carboxylic acids is 1.